The highest BCUT2D eigenvalue weighted by Gasteiger charge is 2.12. The van der Waals surface area contributed by atoms with Crippen molar-refractivity contribution in [2.24, 2.45) is 0 Å². The molecule has 2 aromatic carbocycles. The molecule has 2 aromatic rings. The maximum absolute atomic E-state index is 12.2. The van der Waals surface area contributed by atoms with E-state index >= 15 is 0 Å². The minimum Gasteiger partial charge on any atom is -0.466 e. The summed E-state index contributed by atoms with van der Waals surface area (Å²) in [6, 6.07) is 14.3. The van der Waals surface area contributed by atoms with Crippen LogP contribution in [0.5, 0.6) is 0 Å². The van der Waals surface area contributed by atoms with Crippen molar-refractivity contribution < 1.29 is 17.9 Å². The normalized spacial score (nSPS) is 11.4. The minimum absolute atomic E-state index is 0.153. The van der Waals surface area contributed by atoms with Gasteiger partial charge < -0.3 is 4.74 Å². The van der Waals surface area contributed by atoms with Gasteiger partial charge in [-0.2, -0.15) is 0 Å². The lowest BCUT2D eigenvalue weighted by Crippen LogP contribution is -2.25. The zero-order valence-electron chi connectivity index (χ0n) is 16.0. The van der Waals surface area contributed by atoms with Gasteiger partial charge in [-0.05, 0) is 68.0 Å². The Morgan fingerprint density at radius 2 is 1.54 bits per heavy atom. The SMILES string of the molecule is CCOC(=O)CCCc1ccc(CCCNS(=O)(=O)c2ccc(Cl)cc2)cc1. The van der Waals surface area contributed by atoms with Crippen LogP contribution < -0.4 is 4.72 Å². The number of rotatable bonds is 11. The fraction of sp³-hybridized carbons (Fsp3) is 0.381. The van der Waals surface area contributed by atoms with E-state index in [-0.39, 0.29) is 10.9 Å². The van der Waals surface area contributed by atoms with E-state index in [1.165, 1.54) is 17.7 Å². The Hall–Kier alpha value is -1.89. The van der Waals surface area contributed by atoms with Crippen molar-refractivity contribution in [2.75, 3.05) is 13.2 Å². The summed E-state index contributed by atoms with van der Waals surface area (Å²) < 4.78 is 31.9. The third-order valence-corrected chi connectivity index (χ3v) is 5.96. The van der Waals surface area contributed by atoms with Crippen LogP contribution in [-0.2, 0) is 32.4 Å². The number of carbonyl (C=O) groups excluding carboxylic acids is 1. The van der Waals surface area contributed by atoms with Crippen LogP contribution >= 0.6 is 11.6 Å². The molecule has 0 aromatic heterocycles. The maximum atomic E-state index is 12.2. The van der Waals surface area contributed by atoms with Gasteiger partial charge in [0.25, 0.3) is 0 Å². The fourth-order valence-corrected chi connectivity index (χ4v) is 3.94. The molecule has 0 saturated carbocycles. The molecule has 0 amide bonds. The topological polar surface area (TPSA) is 72.5 Å². The molecular weight excluding hydrogens is 398 g/mol. The summed E-state index contributed by atoms with van der Waals surface area (Å²) >= 11 is 5.79. The third-order valence-electron chi connectivity index (χ3n) is 4.23. The summed E-state index contributed by atoms with van der Waals surface area (Å²) in [4.78, 5) is 11.5. The molecule has 0 unspecified atom stereocenters. The van der Waals surface area contributed by atoms with Gasteiger partial charge in [0.05, 0.1) is 11.5 Å². The lowest BCUT2D eigenvalue weighted by Gasteiger charge is -2.08. The monoisotopic (exact) mass is 423 g/mol. The van der Waals surface area contributed by atoms with Crippen LogP contribution in [0.15, 0.2) is 53.4 Å². The molecule has 5 nitrogen and oxygen atoms in total. The minimum atomic E-state index is -3.51. The zero-order valence-corrected chi connectivity index (χ0v) is 17.6. The third kappa shape index (κ3) is 7.62. The first kappa shape index (κ1) is 22.4. The van der Waals surface area contributed by atoms with E-state index in [1.54, 1.807) is 19.1 Å². The van der Waals surface area contributed by atoms with E-state index in [2.05, 4.69) is 16.9 Å². The van der Waals surface area contributed by atoms with Gasteiger partial charge in [0.15, 0.2) is 0 Å². The van der Waals surface area contributed by atoms with Crippen LogP contribution in [-0.4, -0.2) is 27.5 Å². The van der Waals surface area contributed by atoms with E-state index in [4.69, 9.17) is 16.3 Å². The van der Waals surface area contributed by atoms with E-state index in [1.807, 2.05) is 12.1 Å². The second-order valence-corrected chi connectivity index (χ2v) is 8.63. The standard InChI is InChI=1S/C21H26ClNO4S/c1-2-27-21(24)7-3-5-17-8-10-18(11-9-17)6-4-16-23-28(25,26)20-14-12-19(22)13-15-20/h8-15,23H,2-7,16H2,1H3. The van der Waals surface area contributed by atoms with Crippen molar-refractivity contribution in [3.8, 4) is 0 Å². The van der Waals surface area contributed by atoms with Gasteiger partial charge in [-0.3, -0.25) is 4.79 Å². The zero-order chi connectivity index (χ0) is 20.4. The number of halogens is 1. The quantitative estimate of drug-likeness (QED) is 0.435. The van der Waals surface area contributed by atoms with Crippen molar-refractivity contribution in [2.45, 2.75) is 43.9 Å². The lowest BCUT2D eigenvalue weighted by molar-refractivity contribution is -0.143. The number of ether oxygens (including phenoxy) is 1. The average molecular weight is 424 g/mol. The Labute approximate surface area is 172 Å². The summed E-state index contributed by atoms with van der Waals surface area (Å²) in [6.07, 6.45) is 3.52. The van der Waals surface area contributed by atoms with Crippen LogP contribution in [0.3, 0.4) is 0 Å². The van der Waals surface area contributed by atoms with Gasteiger partial charge in [-0.15, -0.1) is 0 Å². The molecule has 1 N–H and O–H groups in total. The lowest BCUT2D eigenvalue weighted by atomic mass is 10.0. The Morgan fingerprint density at radius 3 is 2.11 bits per heavy atom. The molecule has 7 heteroatoms. The van der Waals surface area contributed by atoms with Crippen LogP contribution in [0.25, 0.3) is 0 Å². The van der Waals surface area contributed by atoms with E-state index in [0.29, 0.717) is 31.0 Å². The molecule has 0 aliphatic carbocycles. The molecule has 152 valence electrons. The molecule has 0 aliphatic heterocycles. The molecule has 0 spiro atoms. The number of nitrogens with one attached hydrogen (secondary N) is 1. The van der Waals surface area contributed by atoms with Gasteiger partial charge in [0.2, 0.25) is 10.0 Å². The number of hydrogen-bond donors (Lipinski definition) is 1. The van der Waals surface area contributed by atoms with Crippen LogP contribution in [0.1, 0.15) is 37.3 Å². The van der Waals surface area contributed by atoms with Gasteiger partial charge in [0.1, 0.15) is 0 Å². The Kier molecular flexibility index (Phi) is 8.96. The summed E-state index contributed by atoms with van der Waals surface area (Å²) in [7, 11) is -3.51. The predicted molar refractivity (Wildman–Crippen MR) is 111 cm³/mol. The summed E-state index contributed by atoms with van der Waals surface area (Å²) in [6.45, 7) is 2.59. The first-order valence-electron chi connectivity index (χ1n) is 9.39. The fourth-order valence-electron chi connectivity index (χ4n) is 2.74. The number of sulfonamides is 1. The Bertz CT molecular complexity index is 849. The highest BCUT2D eigenvalue weighted by Crippen LogP contribution is 2.14. The van der Waals surface area contributed by atoms with Gasteiger partial charge >= 0.3 is 5.97 Å². The highest BCUT2D eigenvalue weighted by atomic mass is 35.5. The first-order valence-corrected chi connectivity index (χ1v) is 11.3. The van der Waals surface area contributed by atoms with Crippen molar-refractivity contribution in [1.82, 2.24) is 4.72 Å². The molecule has 0 heterocycles. The van der Waals surface area contributed by atoms with E-state index in [0.717, 1.165) is 24.8 Å². The van der Waals surface area contributed by atoms with Crippen molar-refractivity contribution in [1.29, 1.82) is 0 Å². The van der Waals surface area contributed by atoms with Gasteiger partial charge in [-0.1, -0.05) is 35.9 Å². The van der Waals surface area contributed by atoms with Gasteiger partial charge in [-0.25, -0.2) is 13.1 Å². The van der Waals surface area contributed by atoms with Crippen LogP contribution in [0.4, 0.5) is 0 Å². The van der Waals surface area contributed by atoms with Crippen LogP contribution in [0, 0.1) is 0 Å². The van der Waals surface area contributed by atoms with E-state index in [9.17, 15) is 13.2 Å². The smallest absolute Gasteiger partial charge is 0.305 e. The van der Waals surface area contributed by atoms with E-state index < -0.39 is 10.0 Å². The number of benzene rings is 2. The maximum Gasteiger partial charge on any atom is 0.305 e. The second kappa shape index (κ2) is 11.2. The average Bonchev–Trinajstić information content (AvgIpc) is 2.67. The summed E-state index contributed by atoms with van der Waals surface area (Å²) in [5, 5.41) is 0.503. The molecule has 2 rings (SSSR count). The van der Waals surface area contributed by atoms with Crippen molar-refractivity contribution in [3.05, 3.63) is 64.7 Å². The molecule has 0 aliphatic rings. The molecule has 0 fully saturated rings. The molecular formula is C21H26ClNO4S. The number of carbonyl (C=O) groups is 1. The second-order valence-electron chi connectivity index (χ2n) is 6.43. The molecule has 28 heavy (non-hydrogen) atoms. The van der Waals surface area contributed by atoms with Crippen molar-refractivity contribution in [3.63, 3.8) is 0 Å². The number of esters is 1. The van der Waals surface area contributed by atoms with Gasteiger partial charge in [0, 0.05) is 18.0 Å². The Morgan fingerprint density at radius 1 is 0.964 bits per heavy atom. The number of hydrogen-bond acceptors (Lipinski definition) is 4. The summed E-state index contributed by atoms with van der Waals surface area (Å²) in [5.74, 6) is -0.153. The molecule has 0 bridgehead atoms. The molecule has 0 saturated heterocycles. The predicted octanol–water partition coefficient (Wildman–Crippen LogP) is 4.14. The van der Waals surface area contributed by atoms with Crippen LogP contribution in [0.2, 0.25) is 5.02 Å². The highest BCUT2D eigenvalue weighted by molar-refractivity contribution is 7.89. The summed E-state index contributed by atoms with van der Waals surface area (Å²) in [5.41, 5.74) is 2.33. The molecule has 0 radical (unpaired) electrons. The Balaban J connectivity index is 1.71. The first-order chi connectivity index (χ1) is 13.4. The molecule has 0 atom stereocenters. The number of aryl methyl sites for hydroxylation is 2. The largest absolute Gasteiger partial charge is 0.466 e. The van der Waals surface area contributed by atoms with Crippen molar-refractivity contribution >= 4 is 27.6 Å².